The van der Waals surface area contributed by atoms with Crippen LogP contribution in [-0.2, 0) is 6.42 Å². The number of allylic oxidation sites excluding steroid dienone is 1. The average molecular weight is 303 g/mol. The van der Waals surface area contributed by atoms with Crippen LogP contribution in [0.1, 0.15) is 25.3 Å². The molecule has 4 nitrogen and oxygen atoms in total. The molecule has 0 heterocycles. The molecular formula is C18H29N3O. The quantitative estimate of drug-likeness (QED) is 0.330. The Balaban J connectivity index is 2.46. The van der Waals surface area contributed by atoms with Crippen LogP contribution in [0.25, 0.3) is 0 Å². The molecule has 1 rings (SSSR count). The summed E-state index contributed by atoms with van der Waals surface area (Å²) < 4.78 is 5.66. The van der Waals surface area contributed by atoms with Crippen LogP contribution in [0.4, 0.5) is 0 Å². The monoisotopic (exact) mass is 303 g/mol. The van der Waals surface area contributed by atoms with Gasteiger partial charge in [0.25, 0.3) is 0 Å². The summed E-state index contributed by atoms with van der Waals surface area (Å²) in [7, 11) is 3.88. The van der Waals surface area contributed by atoms with Gasteiger partial charge in [0.05, 0.1) is 6.61 Å². The van der Waals surface area contributed by atoms with E-state index in [1.165, 1.54) is 5.56 Å². The summed E-state index contributed by atoms with van der Waals surface area (Å²) in [5, 5.41) is 3.41. The summed E-state index contributed by atoms with van der Waals surface area (Å²) in [6.07, 6.45) is 4.99. The Hall–Kier alpha value is -1.97. The Kier molecular flexibility index (Phi) is 8.80. The SMILES string of the molecule is C=CCCCN(C)C(=NC)NCCc1ccccc1OCC. The second-order valence-corrected chi connectivity index (χ2v) is 5.12. The Labute approximate surface area is 134 Å². The van der Waals surface area contributed by atoms with Crippen LogP contribution in [-0.4, -0.2) is 44.7 Å². The Morgan fingerprint density at radius 1 is 1.41 bits per heavy atom. The first-order chi connectivity index (χ1) is 10.7. The number of rotatable bonds is 9. The molecule has 0 atom stereocenters. The predicted molar refractivity (Wildman–Crippen MR) is 94.7 cm³/mol. The van der Waals surface area contributed by atoms with Crippen molar-refractivity contribution in [3.8, 4) is 5.75 Å². The van der Waals surface area contributed by atoms with Crippen molar-refractivity contribution in [2.75, 3.05) is 33.8 Å². The summed E-state index contributed by atoms with van der Waals surface area (Å²) >= 11 is 0. The molecule has 4 heteroatoms. The number of guanidine groups is 1. The number of benzene rings is 1. The highest BCUT2D eigenvalue weighted by Crippen LogP contribution is 2.17. The summed E-state index contributed by atoms with van der Waals surface area (Å²) in [5.41, 5.74) is 1.22. The average Bonchev–Trinajstić information content (AvgIpc) is 2.53. The first-order valence-electron chi connectivity index (χ1n) is 7.96. The molecule has 0 saturated heterocycles. The van der Waals surface area contributed by atoms with Gasteiger partial charge in [-0.3, -0.25) is 4.99 Å². The standard InChI is InChI=1S/C18H29N3O/c1-5-7-10-15-21(4)18(19-3)20-14-13-16-11-8-9-12-17(16)22-6-2/h5,8-9,11-12H,1,6-7,10,13-15H2,2-4H3,(H,19,20). The van der Waals surface area contributed by atoms with Gasteiger partial charge < -0.3 is 15.0 Å². The number of para-hydroxylation sites is 1. The molecule has 0 bridgehead atoms. The zero-order valence-electron chi connectivity index (χ0n) is 14.1. The lowest BCUT2D eigenvalue weighted by Crippen LogP contribution is -2.40. The Morgan fingerprint density at radius 3 is 2.86 bits per heavy atom. The third-order valence-corrected chi connectivity index (χ3v) is 3.43. The maximum Gasteiger partial charge on any atom is 0.193 e. The van der Waals surface area contributed by atoms with Gasteiger partial charge in [0, 0.05) is 27.2 Å². The van der Waals surface area contributed by atoms with Gasteiger partial charge in [0.1, 0.15) is 5.75 Å². The van der Waals surface area contributed by atoms with Crippen LogP contribution in [0.5, 0.6) is 5.75 Å². The summed E-state index contributed by atoms with van der Waals surface area (Å²) in [4.78, 5) is 6.48. The molecule has 0 saturated carbocycles. The van der Waals surface area contributed by atoms with E-state index in [9.17, 15) is 0 Å². The molecule has 0 fully saturated rings. The second kappa shape index (κ2) is 10.7. The van der Waals surface area contributed by atoms with Crippen molar-refractivity contribution in [3.63, 3.8) is 0 Å². The lowest BCUT2D eigenvalue weighted by molar-refractivity contribution is 0.336. The first-order valence-corrected chi connectivity index (χ1v) is 7.96. The molecule has 0 spiro atoms. The molecule has 0 radical (unpaired) electrons. The van der Waals surface area contributed by atoms with E-state index in [1.807, 2.05) is 38.2 Å². The zero-order chi connectivity index (χ0) is 16.2. The maximum absolute atomic E-state index is 5.66. The minimum absolute atomic E-state index is 0.693. The van der Waals surface area contributed by atoms with Gasteiger partial charge >= 0.3 is 0 Å². The van der Waals surface area contributed by atoms with E-state index in [0.29, 0.717) is 6.61 Å². The van der Waals surface area contributed by atoms with Gasteiger partial charge in [-0.1, -0.05) is 24.3 Å². The topological polar surface area (TPSA) is 36.9 Å². The van der Waals surface area contributed by atoms with E-state index in [4.69, 9.17) is 4.74 Å². The lowest BCUT2D eigenvalue weighted by Gasteiger charge is -2.22. The number of ether oxygens (including phenoxy) is 1. The molecule has 0 aliphatic rings. The van der Waals surface area contributed by atoms with E-state index in [2.05, 4.69) is 34.9 Å². The third kappa shape index (κ3) is 6.20. The molecular weight excluding hydrogens is 274 g/mol. The molecule has 0 aromatic heterocycles. The molecule has 1 aromatic carbocycles. The molecule has 0 amide bonds. The normalized spacial score (nSPS) is 11.1. The predicted octanol–water partition coefficient (Wildman–Crippen LogP) is 3.10. The van der Waals surface area contributed by atoms with Crippen LogP contribution in [0.2, 0.25) is 0 Å². The van der Waals surface area contributed by atoms with Gasteiger partial charge in [-0.05, 0) is 37.8 Å². The minimum atomic E-state index is 0.693. The lowest BCUT2D eigenvalue weighted by atomic mass is 10.1. The highest BCUT2D eigenvalue weighted by Gasteiger charge is 2.06. The maximum atomic E-state index is 5.66. The fourth-order valence-corrected chi connectivity index (χ4v) is 2.28. The Morgan fingerprint density at radius 2 is 2.18 bits per heavy atom. The van der Waals surface area contributed by atoms with Crippen molar-refractivity contribution in [1.82, 2.24) is 10.2 Å². The van der Waals surface area contributed by atoms with E-state index in [1.54, 1.807) is 0 Å². The van der Waals surface area contributed by atoms with Crippen LogP contribution >= 0.6 is 0 Å². The number of aliphatic imine (C=N–C) groups is 1. The van der Waals surface area contributed by atoms with Crippen LogP contribution in [0, 0.1) is 0 Å². The van der Waals surface area contributed by atoms with Crippen LogP contribution < -0.4 is 10.1 Å². The third-order valence-electron chi connectivity index (χ3n) is 3.43. The van der Waals surface area contributed by atoms with Crippen molar-refractivity contribution in [2.45, 2.75) is 26.2 Å². The van der Waals surface area contributed by atoms with Crippen molar-refractivity contribution in [1.29, 1.82) is 0 Å². The van der Waals surface area contributed by atoms with Crippen molar-refractivity contribution in [2.24, 2.45) is 4.99 Å². The molecule has 0 unspecified atom stereocenters. The van der Waals surface area contributed by atoms with Gasteiger partial charge in [-0.25, -0.2) is 0 Å². The number of nitrogens with one attached hydrogen (secondary N) is 1. The van der Waals surface area contributed by atoms with Crippen LogP contribution in [0.15, 0.2) is 41.9 Å². The zero-order valence-corrected chi connectivity index (χ0v) is 14.1. The van der Waals surface area contributed by atoms with Gasteiger partial charge in [0.2, 0.25) is 0 Å². The first kappa shape index (κ1) is 18.1. The summed E-state index contributed by atoms with van der Waals surface area (Å²) in [6.45, 7) is 8.26. The van der Waals surface area contributed by atoms with Gasteiger partial charge in [0.15, 0.2) is 5.96 Å². The molecule has 1 aromatic rings. The van der Waals surface area contributed by atoms with Crippen molar-refractivity contribution >= 4 is 5.96 Å². The minimum Gasteiger partial charge on any atom is -0.494 e. The number of hydrogen-bond donors (Lipinski definition) is 1. The molecule has 0 aliphatic heterocycles. The molecule has 1 N–H and O–H groups in total. The van der Waals surface area contributed by atoms with E-state index in [0.717, 1.165) is 44.1 Å². The fraction of sp³-hybridized carbons (Fsp3) is 0.500. The Bertz CT molecular complexity index is 471. The van der Waals surface area contributed by atoms with E-state index < -0.39 is 0 Å². The summed E-state index contributed by atoms with van der Waals surface area (Å²) in [5.74, 6) is 1.90. The number of nitrogens with zero attached hydrogens (tertiary/aromatic N) is 2. The highest BCUT2D eigenvalue weighted by molar-refractivity contribution is 5.79. The molecule has 122 valence electrons. The van der Waals surface area contributed by atoms with Gasteiger partial charge in [-0.2, -0.15) is 0 Å². The van der Waals surface area contributed by atoms with Crippen molar-refractivity contribution < 1.29 is 4.74 Å². The largest absolute Gasteiger partial charge is 0.494 e. The van der Waals surface area contributed by atoms with E-state index in [-0.39, 0.29) is 0 Å². The van der Waals surface area contributed by atoms with Crippen molar-refractivity contribution in [3.05, 3.63) is 42.5 Å². The fourth-order valence-electron chi connectivity index (χ4n) is 2.28. The van der Waals surface area contributed by atoms with E-state index >= 15 is 0 Å². The molecule has 22 heavy (non-hydrogen) atoms. The second-order valence-electron chi connectivity index (χ2n) is 5.12. The molecule has 0 aliphatic carbocycles. The van der Waals surface area contributed by atoms with Crippen LogP contribution in [0.3, 0.4) is 0 Å². The van der Waals surface area contributed by atoms with Gasteiger partial charge in [-0.15, -0.1) is 6.58 Å². The highest BCUT2D eigenvalue weighted by atomic mass is 16.5. The number of unbranched alkanes of at least 4 members (excludes halogenated alkanes) is 1. The summed E-state index contributed by atoms with van der Waals surface area (Å²) in [6, 6.07) is 8.20. The number of hydrogen-bond acceptors (Lipinski definition) is 2. The smallest absolute Gasteiger partial charge is 0.193 e.